The Balaban J connectivity index is 1.39. The maximum absolute atomic E-state index is 12.7. The fraction of sp³-hybridized carbons (Fsp3) is 0.316. The zero-order valence-corrected chi connectivity index (χ0v) is 18.6. The summed E-state index contributed by atoms with van der Waals surface area (Å²) in [4.78, 5) is 38.1. The number of nitrogens with zero attached hydrogens (tertiary/aromatic N) is 6. The number of hydrogen-bond donors (Lipinski definition) is 2. The van der Waals surface area contributed by atoms with E-state index in [1.807, 2.05) is 12.1 Å². The van der Waals surface area contributed by atoms with Crippen LogP contribution in [0.3, 0.4) is 0 Å². The summed E-state index contributed by atoms with van der Waals surface area (Å²) < 4.78 is 6.70. The first-order chi connectivity index (χ1) is 16.0. The van der Waals surface area contributed by atoms with Crippen LogP contribution >= 0.6 is 23.5 Å². The molecular weight excluding hydrogens is 470 g/mol. The van der Waals surface area contributed by atoms with Gasteiger partial charge in [0.2, 0.25) is 5.16 Å². The van der Waals surface area contributed by atoms with Crippen LogP contribution in [-0.2, 0) is 20.9 Å². The minimum atomic E-state index is -1.22. The third-order valence-corrected chi connectivity index (χ3v) is 7.16. The first-order valence-electron chi connectivity index (χ1n) is 9.62. The van der Waals surface area contributed by atoms with Crippen molar-refractivity contribution in [3.63, 3.8) is 0 Å². The fourth-order valence-electron chi connectivity index (χ4n) is 3.29. The number of tetrazole rings is 1. The Morgan fingerprint density at radius 1 is 1.36 bits per heavy atom. The van der Waals surface area contributed by atoms with E-state index >= 15 is 0 Å². The van der Waals surface area contributed by atoms with E-state index in [1.165, 1.54) is 33.1 Å². The van der Waals surface area contributed by atoms with Gasteiger partial charge in [0.05, 0.1) is 6.07 Å². The Morgan fingerprint density at radius 2 is 2.15 bits per heavy atom. The molecule has 0 bridgehead atoms. The molecular formula is C19H17N7O5S2. The molecule has 14 heteroatoms. The molecule has 1 unspecified atom stereocenters. The molecule has 2 aliphatic rings. The molecule has 0 radical (unpaired) electrons. The van der Waals surface area contributed by atoms with Crippen molar-refractivity contribution < 1.29 is 24.2 Å². The van der Waals surface area contributed by atoms with E-state index in [0.717, 1.165) is 0 Å². The molecule has 2 atom stereocenters. The van der Waals surface area contributed by atoms with Crippen LogP contribution in [0.2, 0.25) is 0 Å². The monoisotopic (exact) mass is 487 g/mol. The lowest BCUT2D eigenvalue weighted by molar-refractivity contribution is -0.150. The molecule has 0 aliphatic carbocycles. The van der Waals surface area contributed by atoms with Crippen LogP contribution in [0.1, 0.15) is 0 Å². The van der Waals surface area contributed by atoms with E-state index in [4.69, 9.17) is 10.00 Å². The summed E-state index contributed by atoms with van der Waals surface area (Å²) in [7, 11) is 0. The fourth-order valence-corrected chi connectivity index (χ4v) is 5.65. The van der Waals surface area contributed by atoms with Crippen molar-refractivity contribution in [1.29, 1.82) is 5.26 Å². The molecule has 3 heterocycles. The molecule has 1 fully saturated rings. The summed E-state index contributed by atoms with van der Waals surface area (Å²) in [5.41, 5.74) is 0.437. The van der Waals surface area contributed by atoms with Gasteiger partial charge in [0.1, 0.15) is 29.4 Å². The number of hydrogen-bond acceptors (Lipinski definition) is 10. The molecule has 2 amide bonds. The van der Waals surface area contributed by atoms with Gasteiger partial charge in [0.15, 0.2) is 6.61 Å². The quantitative estimate of drug-likeness (QED) is 0.364. The summed E-state index contributed by atoms with van der Waals surface area (Å²) in [5, 5.41) is 32.1. The summed E-state index contributed by atoms with van der Waals surface area (Å²) in [6.07, 6.45) is 0. The standard InChI is InChI=1S/C19H17N7O5S2/c20-6-7-25-19(22-23-24-25)33-10-11-9-32-17-14(16(28)26(17)15(11)18(29)30)21-13(27)8-31-12-4-2-1-3-5-12/h1-5,14,17H,7-10H2,(H,21,27)(H,29,30)/t14?,17-/m1/s1. The SMILES string of the molecule is N#CCn1nnnc1SCC1=C(C(=O)O)N2C(=O)C(NC(=O)COc3ccccc3)[C@H]2SC1. The van der Waals surface area contributed by atoms with Gasteiger partial charge in [0.25, 0.3) is 11.8 Å². The highest BCUT2D eigenvalue weighted by Gasteiger charge is 2.54. The largest absolute Gasteiger partial charge is 0.484 e. The highest BCUT2D eigenvalue weighted by molar-refractivity contribution is 8.01. The van der Waals surface area contributed by atoms with Gasteiger partial charge in [-0.25, -0.2) is 9.48 Å². The number of carbonyl (C=O) groups excluding carboxylic acids is 2. The number of amides is 2. The molecule has 4 rings (SSSR count). The first kappa shape index (κ1) is 22.6. The third kappa shape index (κ3) is 4.78. The topological polar surface area (TPSA) is 163 Å². The predicted octanol–water partition coefficient (Wildman–Crippen LogP) is 0.106. The van der Waals surface area contributed by atoms with E-state index in [1.54, 1.807) is 24.3 Å². The highest BCUT2D eigenvalue weighted by atomic mass is 32.2. The zero-order valence-electron chi connectivity index (χ0n) is 16.9. The Bertz CT molecular complexity index is 1150. The molecule has 1 aromatic heterocycles. The molecule has 170 valence electrons. The maximum atomic E-state index is 12.7. The molecule has 1 aromatic carbocycles. The molecule has 2 aliphatic heterocycles. The third-order valence-electron chi connectivity index (χ3n) is 4.77. The normalized spacial score (nSPS) is 19.4. The van der Waals surface area contributed by atoms with E-state index in [0.29, 0.717) is 22.2 Å². The number of aliphatic carboxylic acids is 1. The zero-order chi connectivity index (χ0) is 23.4. The Hall–Kier alpha value is -3.57. The van der Waals surface area contributed by atoms with Crippen LogP contribution in [0, 0.1) is 11.3 Å². The van der Waals surface area contributed by atoms with E-state index in [-0.39, 0.29) is 24.6 Å². The van der Waals surface area contributed by atoms with Crippen molar-refractivity contribution in [3.8, 4) is 11.8 Å². The van der Waals surface area contributed by atoms with E-state index in [9.17, 15) is 19.5 Å². The molecule has 2 aromatic rings. The van der Waals surface area contributed by atoms with E-state index < -0.39 is 29.2 Å². The predicted molar refractivity (Wildman–Crippen MR) is 116 cm³/mol. The number of para-hydroxylation sites is 1. The van der Waals surface area contributed by atoms with Gasteiger partial charge >= 0.3 is 5.97 Å². The minimum Gasteiger partial charge on any atom is -0.484 e. The summed E-state index contributed by atoms with van der Waals surface area (Å²) in [5.74, 6) is -1.06. The van der Waals surface area contributed by atoms with Gasteiger partial charge in [-0.1, -0.05) is 30.0 Å². The lowest BCUT2D eigenvalue weighted by Crippen LogP contribution is -2.70. The number of benzene rings is 1. The molecule has 33 heavy (non-hydrogen) atoms. The Morgan fingerprint density at radius 3 is 2.88 bits per heavy atom. The second-order valence-corrected chi connectivity index (χ2v) is 8.93. The molecule has 0 saturated carbocycles. The molecule has 2 N–H and O–H groups in total. The van der Waals surface area contributed by atoms with Crippen LogP contribution in [0.4, 0.5) is 0 Å². The molecule has 1 saturated heterocycles. The van der Waals surface area contributed by atoms with Crippen molar-refractivity contribution in [3.05, 3.63) is 41.6 Å². The Kier molecular flexibility index (Phi) is 6.80. The average Bonchev–Trinajstić information content (AvgIpc) is 3.27. The van der Waals surface area contributed by atoms with Crippen LogP contribution in [0.15, 0.2) is 46.8 Å². The lowest BCUT2D eigenvalue weighted by Gasteiger charge is -2.49. The number of β-lactam (4-membered cyclic amide) rings is 1. The van der Waals surface area contributed by atoms with Crippen LogP contribution in [-0.4, -0.2) is 77.5 Å². The second kappa shape index (κ2) is 9.92. The minimum absolute atomic E-state index is 0.0308. The smallest absolute Gasteiger partial charge is 0.352 e. The van der Waals surface area contributed by atoms with Crippen LogP contribution < -0.4 is 10.1 Å². The molecule has 0 spiro atoms. The van der Waals surface area contributed by atoms with Gasteiger partial charge in [-0.2, -0.15) is 5.26 Å². The van der Waals surface area contributed by atoms with Crippen molar-refractivity contribution in [2.75, 3.05) is 18.1 Å². The van der Waals surface area contributed by atoms with Crippen molar-refractivity contribution in [1.82, 2.24) is 30.4 Å². The summed E-state index contributed by atoms with van der Waals surface area (Å²) in [6.45, 7) is -0.289. The summed E-state index contributed by atoms with van der Waals surface area (Å²) in [6, 6.07) is 9.92. The van der Waals surface area contributed by atoms with Gasteiger partial charge in [-0.3, -0.25) is 14.5 Å². The number of carboxylic acids is 1. The van der Waals surface area contributed by atoms with Gasteiger partial charge in [-0.15, -0.1) is 16.9 Å². The van der Waals surface area contributed by atoms with Gasteiger partial charge < -0.3 is 15.2 Å². The highest BCUT2D eigenvalue weighted by Crippen LogP contribution is 2.41. The van der Waals surface area contributed by atoms with Crippen LogP contribution in [0.25, 0.3) is 0 Å². The van der Waals surface area contributed by atoms with Crippen molar-refractivity contribution in [2.45, 2.75) is 23.1 Å². The van der Waals surface area contributed by atoms with E-state index in [2.05, 4.69) is 20.8 Å². The number of thioether (sulfide) groups is 2. The molecule has 12 nitrogen and oxygen atoms in total. The average molecular weight is 488 g/mol. The number of fused-ring (bicyclic) bond motifs is 1. The second-order valence-electron chi connectivity index (χ2n) is 6.88. The number of rotatable bonds is 9. The number of ether oxygens (including phenoxy) is 1. The van der Waals surface area contributed by atoms with Crippen LogP contribution in [0.5, 0.6) is 5.75 Å². The van der Waals surface area contributed by atoms with Crippen molar-refractivity contribution >= 4 is 41.3 Å². The number of nitriles is 1. The lowest BCUT2D eigenvalue weighted by atomic mass is 10.0. The van der Waals surface area contributed by atoms with Crippen molar-refractivity contribution in [2.24, 2.45) is 0 Å². The number of aromatic nitrogens is 4. The van der Waals surface area contributed by atoms with Gasteiger partial charge in [-0.05, 0) is 28.1 Å². The summed E-state index contributed by atoms with van der Waals surface area (Å²) >= 11 is 2.55. The Labute approximate surface area is 195 Å². The number of carboxylic acid groups (broad SMARTS) is 1. The maximum Gasteiger partial charge on any atom is 0.352 e. The number of nitrogens with one attached hydrogen (secondary N) is 1. The first-order valence-corrected chi connectivity index (χ1v) is 11.7. The number of carbonyl (C=O) groups is 3. The van der Waals surface area contributed by atoms with Gasteiger partial charge in [0, 0.05) is 11.5 Å².